The van der Waals surface area contributed by atoms with E-state index in [4.69, 9.17) is 13.6 Å². The number of epoxide rings is 1. The highest BCUT2D eigenvalue weighted by molar-refractivity contribution is 6.77. The summed E-state index contributed by atoms with van der Waals surface area (Å²) >= 11 is 0. The third-order valence-corrected chi connectivity index (χ3v) is 17.6. The van der Waals surface area contributed by atoms with E-state index in [1.54, 1.807) is 0 Å². The molecule has 0 aromatic carbocycles. The van der Waals surface area contributed by atoms with Crippen molar-refractivity contribution < 1.29 is 18.7 Å². The van der Waals surface area contributed by atoms with Gasteiger partial charge in [-0.3, -0.25) is 0 Å². The average Bonchev–Trinajstić information content (AvgIpc) is 3.17. The Hall–Kier alpha value is 0.274. The Morgan fingerprint density at radius 1 is 1.00 bits per heavy atom. The van der Waals surface area contributed by atoms with Crippen LogP contribution in [0.15, 0.2) is 0 Å². The van der Waals surface area contributed by atoms with E-state index in [2.05, 4.69) is 75.4 Å². The topological polar surface area (TPSA) is 51.2 Å². The molecular weight excluding hydrogens is 372 g/mol. The van der Waals surface area contributed by atoms with Crippen LogP contribution in [0.5, 0.6) is 0 Å². The highest BCUT2D eigenvalue weighted by atomic mass is 28.4. The summed E-state index contributed by atoms with van der Waals surface area (Å²) in [5.74, 6) is 0. The summed E-state index contributed by atoms with van der Waals surface area (Å²) < 4.78 is 19.5. The highest BCUT2D eigenvalue weighted by Gasteiger charge is 2.59. The first kappa shape index (κ1) is 25.3. The predicted octanol–water partition coefficient (Wildman–Crippen LogP) is 5.72. The lowest BCUT2D eigenvalue weighted by molar-refractivity contribution is 0.0807. The lowest BCUT2D eigenvalue weighted by Crippen LogP contribution is -2.52. The Kier molecular flexibility index (Phi) is 8.03. The van der Waals surface area contributed by atoms with Crippen LogP contribution in [0, 0.1) is 0 Å². The van der Waals surface area contributed by atoms with E-state index in [0.29, 0.717) is 23.2 Å². The van der Waals surface area contributed by atoms with Gasteiger partial charge in [0.2, 0.25) is 0 Å². The molecule has 1 rings (SSSR count). The minimum Gasteiger partial charge on any atom is -0.413 e. The maximum Gasteiger partial charge on any atom is 0.200 e. The van der Waals surface area contributed by atoms with Crippen LogP contribution >= 0.6 is 0 Å². The average molecular weight is 419 g/mol. The molecule has 0 radical (unpaired) electrons. The Bertz CT molecular complexity index is 463. The molecule has 0 unspecified atom stereocenters. The number of aliphatic hydroxyl groups excluding tert-OH is 1. The molecule has 0 aromatic rings. The highest BCUT2D eigenvalue weighted by Crippen LogP contribution is 2.46. The summed E-state index contributed by atoms with van der Waals surface area (Å²) in [6.07, 6.45) is -0.207. The van der Waals surface area contributed by atoms with Crippen molar-refractivity contribution in [3.05, 3.63) is 0 Å². The molecule has 1 N–H and O–H groups in total. The van der Waals surface area contributed by atoms with Gasteiger partial charge >= 0.3 is 0 Å². The van der Waals surface area contributed by atoms with Crippen LogP contribution < -0.4 is 0 Å². The molecule has 4 nitrogen and oxygen atoms in total. The third-order valence-electron chi connectivity index (χ3n) is 7.05. The largest absolute Gasteiger partial charge is 0.413 e. The van der Waals surface area contributed by atoms with Gasteiger partial charge in [-0.05, 0) is 41.7 Å². The molecule has 1 fully saturated rings. The maximum absolute atomic E-state index is 9.73. The minimum atomic E-state index is -1.97. The number of aliphatic hydroxyl groups is 1. The van der Waals surface area contributed by atoms with E-state index in [-0.39, 0.29) is 23.9 Å². The molecule has 1 saturated heterocycles. The van der Waals surface area contributed by atoms with Gasteiger partial charge in [0.05, 0.1) is 19.3 Å². The van der Waals surface area contributed by atoms with E-state index in [1.165, 1.54) is 0 Å². The van der Waals surface area contributed by atoms with E-state index >= 15 is 0 Å². The van der Waals surface area contributed by atoms with Crippen LogP contribution in [-0.2, 0) is 13.6 Å². The molecule has 0 saturated carbocycles. The van der Waals surface area contributed by atoms with Gasteiger partial charge in [-0.25, -0.2) is 0 Å². The molecule has 27 heavy (non-hydrogen) atoms. The predicted molar refractivity (Wildman–Crippen MR) is 119 cm³/mol. The van der Waals surface area contributed by atoms with Crippen molar-refractivity contribution in [1.82, 2.24) is 0 Å². The molecule has 0 amide bonds. The molecule has 1 heterocycles. The van der Waals surface area contributed by atoms with Gasteiger partial charge in [-0.15, -0.1) is 0 Å². The Labute approximate surface area is 170 Å². The fourth-order valence-electron chi connectivity index (χ4n) is 4.32. The summed E-state index contributed by atoms with van der Waals surface area (Å²) in [7, 11) is -3.94. The summed E-state index contributed by atoms with van der Waals surface area (Å²) in [6, 6.07) is 0. The molecule has 3 atom stereocenters. The smallest absolute Gasteiger partial charge is 0.200 e. The molecule has 0 aliphatic carbocycles. The van der Waals surface area contributed by atoms with E-state index in [0.717, 1.165) is 0 Å². The van der Waals surface area contributed by atoms with Crippen molar-refractivity contribution in [2.24, 2.45) is 0 Å². The van der Waals surface area contributed by atoms with Crippen LogP contribution in [0.25, 0.3) is 0 Å². The van der Waals surface area contributed by atoms with Gasteiger partial charge in [0.25, 0.3) is 0 Å². The molecule has 0 spiro atoms. The summed E-state index contributed by atoms with van der Waals surface area (Å²) in [5, 5.41) is 9.86. The quantitative estimate of drug-likeness (QED) is 0.364. The number of rotatable bonds is 10. The van der Waals surface area contributed by atoms with Crippen LogP contribution in [0.1, 0.15) is 69.2 Å². The Morgan fingerprint density at radius 2 is 1.44 bits per heavy atom. The van der Waals surface area contributed by atoms with E-state index < -0.39 is 22.2 Å². The van der Waals surface area contributed by atoms with Gasteiger partial charge in [0.15, 0.2) is 16.6 Å². The Morgan fingerprint density at radius 3 is 1.74 bits per heavy atom. The zero-order chi connectivity index (χ0) is 21.4. The van der Waals surface area contributed by atoms with Crippen molar-refractivity contribution in [3.8, 4) is 0 Å². The SMILES string of the molecule is CC(C)[Si](OC[C@@H](O[Si](C)(C)C(C)(C)C)[C@@H]1O[C@@]1(C)CO)(C(C)C)C(C)C. The lowest BCUT2D eigenvalue weighted by Gasteiger charge is -2.44. The van der Waals surface area contributed by atoms with Crippen molar-refractivity contribution >= 4 is 16.6 Å². The van der Waals surface area contributed by atoms with Crippen molar-refractivity contribution in [1.29, 1.82) is 0 Å². The standard InChI is InChI=1S/C21H46O4Si2/c1-15(2)27(16(3)4,17(5)6)23-13-18(19-21(10,14-22)24-19)25-26(11,12)20(7,8)9/h15-19,22H,13-14H2,1-12H3/t18-,19+,21+/m1/s1. The molecule has 0 aromatic heterocycles. The normalized spacial score (nSPS) is 25.6. The fraction of sp³-hybridized carbons (Fsp3) is 1.00. The second kappa shape index (κ2) is 8.56. The third kappa shape index (κ3) is 5.26. The molecule has 1 aliphatic heterocycles. The second-order valence-electron chi connectivity index (χ2n) is 11.1. The van der Waals surface area contributed by atoms with Crippen LogP contribution in [0.4, 0.5) is 0 Å². The molecule has 0 bridgehead atoms. The minimum absolute atomic E-state index is 0.0240. The molecule has 162 valence electrons. The summed E-state index contributed by atoms with van der Waals surface area (Å²) in [6.45, 7) is 27.7. The van der Waals surface area contributed by atoms with Crippen molar-refractivity contribution in [2.45, 2.75) is 122 Å². The number of hydrogen-bond donors (Lipinski definition) is 1. The van der Waals surface area contributed by atoms with Gasteiger partial charge < -0.3 is 18.7 Å². The first-order valence-electron chi connectivity index (χ1n) is 10.7. The Balaban J connectivity index is 3.08. The maximum atomic E-state index is 9.73. The van der Waals surface area contributed by atoms with Crippen LogP contribution in [0.2, 0.25) is 34.8 Å². The van der Waals surface area contributed by atoms with Gasteiger partial charge in [-0.1, -0.05) is 62.3 Å². The molecular formula is C21H46O4Si2. The van der Waals surface area contributed by atoms with Gasteiger partial charge in [0.1, 0.15) is 11.7 Å². The van der Waals surface area contributed by atoms with Gasteiger partial charge in [-0.2, -0.15) is 0 Å². The molecule has 1 aliphatic rings. The first-order chi connectivity index (χ1) is 12.0. The lowest BCUT2D eigenvalue weighted by atomic mass is 10.1. The summed E-state index contributed by atoms with van der Waals surface area (Å²) in [5.41, 5.74) is 1.12. The fourth-order valence-corrected chi connectivity index (χ4v) is 11.1. The zero-order valence-corrected chi connectivity index (χ0v) is 22.0. The summed E-state index contributed by atoms with van der Waals surface area (Å²) in [4.78, 5) is 0. The van der Waals surface area contributed by atoms with Crippen molar-refractivity contribution in [2.75, 3.05) is 13.2 Å². The van der Waals surface area contributed by atoms with E-state index in [1.807, 2.05) is 6.92 Å². The van der Waals surface area contributed by atoms with Crippen LogP contribution in [0.3, 0.4) is 0 Å². The monoisotopic (exact) mass is 418 g/mol. The van der Waals surface area contributed by atoms with Gasteiger partial charge in [0, 0.05) is 0 Å². The molecule has 6 heteroatoms. The second-order valence-corrected chi connectivity index (χ2v) is 21.3. The van der Waals surface area contributed by atoms with E-state index in [9.17, 15) is 5.11 Å². The van der Waals surface area contributed by atoms with Crippen LogP contribution in [-0.4, -0.2) is 52.8 Å². The number of hydrogen-bond acceptors (Lipinski definition) is 4. The van der Waals surface area contributed by atoms with Crippen molar-refractivity contribution in [3.63, 3.8) is 0 Å². The number of ether oxygens (including phenoxy) is 1. The zero-order valence-electron chi connectivity index (χ0n) is 20.0. The first-order valence-corrected chi connectivity index (χ1v) is 15.7.